The van der Waals surface area contributed by atoms with Crippen molar-refractivity contribution in [3.8, 4) is 0 Å². The van der Waals surface area contributed by atoms with Crippen molar-refractivity contribution in [1.82, 2.24) is 9.78 Å². The zero-order valence-corrected chi connectivity index (χ0v) is 17.3. The molecule has 0 saturated carbocycles. The molecule has 29 heavy (non-hydrogen) atoms. The summed E-state index contributed by atoms with van der Waals surface area (Å²) in [7, 11) is 1.69. The second-order valence-electron chi connectivity index (χ2n) is 7.56. The number of thioether (sulfide) groups is 1. The van der Waals surface area contributed by atoms with Gasteiger partial charge in [-0.15, -0.1) is 11.8 Å². The second-order valence-corrected chi connectivity index (χ2v) is 8.70. The zero-order valence-electron chi connectivity index (χ0n) is 16.5. The molecule has 2 aliphatic rings. The predicted molar refractivity (Wildman–Crippen MR) is 112 cm³/mol. The van der Waals surface area contributed by atoms with Gasteiger partial charge in [-0.1, -0.05) is 29.8 Å². The van der Waals surface area contributed by atoms with Crippen molar-refractivity contribution in [3.05, 3.63) is 58.3 Å². The number of hydrogen-bond acceptors (Lipinski definition) is 4. The van der Waals surface area contributed by atoms with E-state index in [1.807, 2.05) is 38.1 Å². The molecule has 0 bridgehead atoms. The molecule has 4 rings (SSSR count). The largest absolute Gasteiger partial charge is 0.409 e. The van der Waals surface area contributed by atoms with Crippen LogP contribution in [-0.2, 0) is 7.05 Å². The van der Waals surface area contributed by atoms with E-state index in [0.29, 0.717) is 12.2 Å². The highest BCUT2D eigenvalue weighted by atomic mass is 32.2. The predicted octanol–water partition coefficient (Wildman–Crippen LogP) is 5.29. The molecule has 2 aromatic rings. The smallest absolute Gasteiger partial charge is 0.358 e. The minimum Gasteiger partial charge on any atom is -0.358 e. The number of dihydropyridines is 1. The zero-order chi connectivity index (χ0) is 20.8. The van der Waals surface area contributed by atoms with Crippen LogP contribution in [0.2, 0.25) is 0 Å². The number of allylic oxidation sites excluding steroid dienone is 1. The maximum atomic E-state index is 13.6. The first-order valence-corrected chi connectivity index (χ1v) is 10.6. The number of aromatic nitrogens is 2. The van der Waals surface area contributed by atoms with Gasteiger partial charge in [-0.25, -0.2) is 0 Å². The first-order valence-electron chi connectivity index (χ1n) is 9.52. The Kier molecular flexibility index (Phi) is 5.23. The third-order valence-corrected chi connectivity index (χ3v) is 6.73. The van der Waals surface area contributed by atoms with Crippen LogP contribution in [-0.4, -0.2) is 34.0 Å². The Hall–Kier alpha value is -2.22. The van der Waals surface area contributed by atoms with Crippen molar-refractivity contribution in [2.45, 2.75) is 43.8 Å². The van der Waals surface area contributed by atoms with Gasteiger partial charge in [0.1, 0.15) is 11.9 Å². The lowest BCUT2D eigenvalue weighted by molar-refractivity contribution is -0.137. The van der Waals surface area contributed by atoms with Gasteiger partial charge in [-0.2, -0.15) is 18.3 Å². The number of aliphatic imine (C=N–C) groups is 1. The summed E-state index contributed by atoms with van der Waals surface area (Å²) in [5.74, 6) is 0.366. The van der Waals surface area contributed by atoms with Gasteiger partial charge in [0.05, 0.1) is 17.0 Å². The normalized spacial score (nSPS) is 24.1. The lowest BCUT2D eigenvalue weighted by atomic mass is 9.95. The van der Waals surface area contributed by atoms with E-state index in [9.17, 15) is 13.2 Å². The summed E-state index contributed by atoms with van der Waals surface area (Å²) < 4.78 is 42.4. The summed E-state index contributed by atoms with van der Waals surface area (Å²) in [6, 6.07) is 4.31. The van der Waals surface area contributed by atoms with Crippen LogP contribution in [0, 0.1) is 13.8 Å². The van der Waals surface area contributed by atoms with Crippen LogP contribution in [0.5, 0.6) is 0 Å². The molecule has 3 atom stereocenters. The summed E-state index contributed by atoms with van der Waals surface area (Å²) in [5.41, 5.74) is 4.78. The molecule has 1 aromatic heterocycles. The molecular weight excluding hydrogens is 397 g/mol. The standard InChI is InChI=1S/C21H23F3N4S/c1-12-7-8-14(13(2)10-12)19-17-18(15-6-4-5-9-25-15)27-28(3)20(17)26-16(11-29-19)21(22,23)24/h4-5,7-10,15-16,19,26H,6,11H2,1-3H3. The van der Waals surface area contributed by atoms with Gasteiger partial charge in [0.25, 0.3) is 0 Å². The summed E-state index contributed by atoms with van der Waals surface area (Å²) in [6.45, 7) is 4.03. The molecule has 4 nitrogen and oxygen atoms in total. The molecule has 3 unspecified atom stereocenters. The van der Waals surface area contributed by atoms with Gasteiger partial charge in [0.15, 0.2) is 0 Å². The van der Waals surface area contributed by atoms with Crippen molar-refractivity contribution in [3.63, 3.8) is 0 Å². The number of hydrogen-bond donors (Lipinski definition) is 1. The van der Waals surface area contributed by atoms with E-state index < -0.39 is 12.2 Å². The first kappa shape index (κ1) is 20.1. The third kappa shape index (κ3) is 3.82. The Morgan fingerprint density at radius 1 is 1.24 bits per heavy atom. The van der Waals surface area contributed by atoms with E-state index in [2.05, 4.69) is 21.5 Å². The average Bonchev–Trinajstić information content (AvgIpc) is 2.85. The van der Waals surface area contributed by atoms with E-state index >= 15 is 0 Å². The quantitative estimate of drug-likeness (QED) is 0.718. The number of nitrogens with zero attached hydrogens (tertiary/aromatic N) is 3. The molecule has 0 saturated heterocycles. The lowest BCUT2D eigenvalue weighted by Crippen LogP contribution is -2.38. The van der Waals surface area contributed by atoms with Gasteiger partial charge in [-0.3, -0.25) is 9.67 Å². The second kappa shape index (κ2) is 7.55. The van der Waals surface area contributed by atoms with E-state index in [1.54, 1.807) is 17.9 Å². The average molecular weight is 421 g/mol. The SMILES string of the molecule is Cc1ccc(C2SCC(C(F)(F)F)Nc3c2c(C2CC=CC=N2)nn3C)c(C)c1. The fourth-order valence-corrected chi connectivity index (χ4v) is 5.43. The van der Waals surface area contributed by atoms with E-state index in [4.69, 9.17) is 0 Å². The van der Waals surface area contributed by atoms with Crippen LogP contribution in [0.15, 0.2) is 35.3 Å². The summed E-state index contributed by atoms with van der Waals surface area (Å²) in [5, 5.41) is 7.12. The number of alkyl halides is 3. The molecular formula is C21H23F3N4S. The maximum Gasteiger partial charge on any atom is 0.409 e. The molecule has 0 aliphatic carbocycles. The Morgan fingerprint density at radius 2 is 2.03 bits per heavy atom. The van der Waals surface area contributed by atoms with Crippen LogP contribution in [0.1, 0.15) is 45.7 Å². The van der Waals surface area contributed by atoms with Crippen molar-refractivity contribution in [2.24, 2.45) is 12.0 Å². The molecule has 1 N–H and O–H groups in total. The molecule has 0 spiro atoms. The molecule has 2 aliphatic heterocycles. The van der Waals surface area contributed by atoms with Crippen molar-refractivity contribution in [1.29, 1.82) is 0 Å². The van der Waals surface area contributed by atoms with Gasteiger partial charge in [-0.05, 0) is 37.5 Å². The Labute approximate surface area is 172 Å². The van der Waals surface area contributed by atoms with E-state index in [1.165, 1.54) is 11.8 Å². The highest BCUT2D eigenvalue weighted by Crippen LogP contribution is 2.48. The number of anilines is 1. The van der Waals surface area contributed by atoms with E-state index in [0.717, 1.165) is 27.9 Å². The minimum atomic E-state index is -4.34. The summed E-state index contributed by atoms with van der Waals surface area (Å²) in [6.07, 6.45) is 1.98. The lowest BCUT2D eigenvalue weighted by Gasteiger charge is -2.21. The van der Waals surface area contributed by atoms with Crippen LogP contribution >= 0.6 is 11.8 Å². The van der Waals surface area contributed by atoms with Gasteiger partial charge in [0, 0.05) is 24.6 Å². The number of nitrogens with one attached hydrogen (secondary N) is 1. The van der Waals surface area contributed by atoms with Crippen LogP contribution in [0.25, 0.3) is 0 Å². The summed E-state index contributed by atoms with van der Waals surface area (Å²) >= 11 is 1.32. The highest BCUT2D eigenvalue weighted by molar-refractivity contribution is 7.99. The maximum absolute atomic E-state index is 13.6. The molecule has 8 heteroatoms. The fourth-order valence-electron chi connectivity index (χ4n) is 3.93. The van der Waals surface area contributed by atoms with E-state index in [-0.39, 0.29) is 17.0 Å². The minimum absolute atomic E-state index is 0.0660. The van der Waals surface area contributed by atoms with Crippen LogP contribution in [0.4, 0.5) is 19.0 Å². The van der Waals surface area contributed by atoms with Gasteiger partial charge < -0.3 is 5.32 Å². The molecule has 0 amide bonds. The van der Waals surface area contributed by atoms with Crippen LogP contribution in [0.3, 0.4) is 0 Å². The van der Waals surface area contributed by atoms with Crippen molar-refractivity contribution >= 4 is 23.8 Å². The Bertz CT molecular complexity index is 977. The number of aryl methyl sites for hydroxylation is 3. The third-order valence-electron chi connectivity index (χ3n) is 5.38. The Balaban J connectivity index is 1.88. The molecule has 1 aromatic carbocycles. The number of halogens is 3. The summed E-state index contributed by atoms with van der Waals surface area (Å²) in [4.78, 5) is 4.54. The van der Waals surface area contributed by atoms with Crippen molar-refractivity contribution in [2.75, 3.05) is 11.1 Å². The molecule has 154 valence electrons. The van der Waals surface area contributed by atoms with Crippen molar-refractivity contribution < 1.29 is 13.2 Å². The molecule has 3 heterocycles. The van der Waals surface area contributed by atoms with Gasteiger partial charge in [0.2, 0.25) is 0 Å². The topological polar surface area (TPSA) is 42.2 Å². The molecule has 0 fully saturated rings. The fraction of sp³-hybridized carbons (Fsp3) is 0.429. The Morgan fingerprint density at radius 3 is 2.69 bits per heavy atom. The first-order chi connectivity index (χ1) is 13.8. The molecule has 0 radical (unpaired) electrons. The number of fused-ring (bicyclic) bond motifs is 1. The van der Waals surface area contributed by atoms with Crippen LogP contribution < -0.4 is 5.32 Å². The number of benzene rings is 1. The number of rotatable bonds is 2. The highest BCUT2D eigenvalue weighted by Gasteiger charge is 2.44. The van der Waals surface area contributed by atoms with Gasteiger partial charge >= 0.3 is 6.18 Å². The monoisotopic (exact) mass is 420 g/mol.